The fraction of sp³-hybridized carbons (Fsp3) is 0.957. The van der Waals surface area contributed by atoms with Gasteiger partial charge in [-0.2, -0.15) is 180 Å². The molecule has 0 aliphatic heterocycles. The summed E-state index contributed by atoms with van der Waals surface area (Å²) >= 11 is 0. The summed E-state index contributed by atoms with van der Waals surface area (Å²) < 4.78 is 568. The molecule has 0 heterocycles. The molecule has 0 bridgehead atoms. The normalized spacial score (nSPS) is 20.6. The average molecular weight is 1190 g/mol. The minimum absolute atomic E-state index is 0.185. The van der Waals surface area contributed by atoms with Crippen molar-refractivity contribution in [1.82, 2.24) is 0 Å². The van der Waals surface area contributed by atoms with Crippen LogP contribution in [0.5, 0.6) is 0 Å². The van der Waals surface area contributed by atoms with Gasteiger partial charge in [-0.15, -0.1) is 0 Å². The highest BCUT2D eigenvalue weighted by Gasteiger charge is 2.92. The molecule has 6 unspecified atom stereocenters. The first-order chi connectivity index (χ1) is 30.5. The molecule has 0 aromatic carbocycles. The summed E-state index contributed by atoms with van der Waals surface area (Å²) in [5, 5.41) is 0. The predicted octanol–water partition coefficient (Wildman–Crippen LogP) is 12.8. The second-order valence-corrected chi connectivity index (χ2v) is 12.1. The van der Waals surface area contributed by atoms with E-state index in [0.717, 1.165) is 9.47 Å². The van der Waals surface area contributed by atoms with Gasteiger partial charge < -0.3 is 4.74 Å². The van der Waals surface area contributed by atoms with Crippen LogP contribution in [0.4, 0.5) is 180 Å². The van der Waals surface area contributed by atoms with E-state index < -0.39 is 134 Å². The molecule has 0 aliphatic rings. The second kappa shape index (κ2) is 18.3. The van der Waals surface area contributed by atoms with E-state index in [2.05, 4.69) is 4.74 Å². The smallest absolute Gasteiger partial charge is 0.462 e. The summed E-state index contributed by atoms with van der Waals surface area (Å²) in [6, 6.07) is 0. The summed E-state index contributed by atoms with van der Waals surface area (Å²) in [4.78, 5) is 11.2. The van der Waals surface area contributed by atoms with Crippen LogP contribution in [0, 0.1) is 0 Å². The van der Waals surface area contributed by atoms with Gasteiger partial charge in [-0.05, 0) is 6.92 Å². The lowest BCUT2D eigenvalue weighted by molar-refractivity contribution is -0.605. The van der Waals surface area contributed by atoms with E-state index in [1.807, 2.05) is 0 Å². The minimum atomic E-state index is -9.90. The maximum absolute atomic E-state index is 14.8. The van der Waals surface area contributed by atoms with Crippen molar-refractivity contribution in [2.45, 2.75) is 128 Å². The van der Waals surface area contributed by atoms with E-state index in [9.17, 15) is 185 Å². The van der Waals surface area contributed by atoms with Crippen molar-refractivity contribution in [2.75, 3.05) is 6.61 Å². The van der Waals surface area contributed by atoms with Crippen LogP contribution in [0.15, 0.2) is 0 Å². The molecule has 72 heavy (non-hydrogen) atoms. The molecule has 0 spiro atoms. The van der Waals surface area contributed by atoms with Gasteiger partial charge in [-0.1, -0.05) is 0 Å². The summed E-state index contributed by atoms with van der Waals surface area (Å²) in [6.45, 7) is -1.63. The largest absolute Gasteiger partial charge is 0.462 e. The van der Waals surface area contributed by atoms with Crippen molar-refractivity contribution in [3.63, 3.8) is 0 Å². The molecule has 6 atom stereocenters. The lowest BCUT2D eigenvalue weighted by Crippen LogP contribution is -2.73. The predicted molar refractivity (Wildman–Crippen MR) is 123 cm³/mol. The Morgan fingerprint density at radius 1 is 0.264 bits per heavy atom. The molecule has 0 radical (unpaired) electrons. The maximum atomic E-state index is 14.8. The highest BCUT2D eigenvalue weighted by Crippen LogP contribution is 2.63. The van der Waals surface area contributed by atoms with Crippen LogP contribution in [0.3, 0.4) is 0 Å². The lowest BCUT2D eigenvalue weighted by atomic mass is 10.2. The summed E-state index contributed by atoms with van der Waals surface area (Å²) in [6.07, 6.45) is -119. The first-order valence-corrected chi connectivity index (χ1v) is 15.1. The molecule has 0 N–H and O–H groups in total. The van der Waals surface area contributed by atoms with Gasteiger partial charge in [-0.25, -0.2) is 4.79 Å². The highest BCUT2D eigenvalue weighted by atomic mass is 19.5. The lowest BCUT2D eigenvalue weighted by Gasteiger charge is -2.45. The molecule has 8 nitrogen and oxygen atoms in total. The molecule has 0 amide bonds. The standard InChI is InChI=1S/C23H5F41O8/c1-2-66-3(65)4(24,11(32,33)34)67-19(55,56)6(27,13(38,39)40)69-21(59,60)8(29,15(44,45)46)71-23(63,64)10(31,17(50,51)52)72-22(61,62)9(30,16(47,48)49)70-20(57,58)7(28,14(41,42)43)68-18(53,54)5(25,26)12(35,36)37/h2H2,1H3. The summed E-state index contributed by atoms with van der Waals surface area (Å²) in [5.41, 5.74) is 0. The molecule has 0 saturated carbocycles. The summed E-state index contributed by atoms with van der Waals surface area (Å²) in [5.74, 6) is -68.6. The first kappa shape index (κ1) is 68.4. The van der Waals surface area contributed by atoms with Crippen molar-refractivity contribution >= 4 is 5.97 Å². The number of halogens is 41. The third-order valence-electron chi connectivity index (χ3n) is 6.93. The number of ether oxygens (including phenoxy) is 7. The Morgan fingerprint density at radius 3 is 0.597 bits per heavy atom. The van der Waals surface area contributed by atoms with Gasteiger partial charge in [0.25, 0.3) is 0 Å². The van der Waals surface area contributed by atoms with Gasteiger partial charge in [-0.3, -0.25) is 28.4 Å². The van der Waals surface area contributed by atoms with E-state index in [-0.39, 0.29) is 6.92 Å². The minimum Gasteiger partial charge on any atom is -0.462 e. The zero-order valence-electron chi connectivity index (χ0n) is 31.0. The fourth-order valence-corrected chi connectivity index (χ4v) is 3.47. The third kappa shape index (κ3) is 11.3. The van der Waals surface area contributed by atoms with Gasteiger partial charge >= 0.3 is 127 Å². The van der Waals surface area contributed by atoms with Crippen molar-refractivity contribution < 1.29 is 218 Å². The third-order valence-corrected chi connectivity index (χ3v) is 6.93. The zero-order chi connectivity index (χ0) is 59.2. The van der Waals surface area contributed by atoms with Crippen LogP contribution < -0.4 is 0 Å². The van der Waals surface area contributed by atoms with Gasteiger partial charge in [0, 0.05) is 0 Å². The number of alkyl halides is 41. The Morgan fingerprint density at radius 2 is 0.444 bits per heavy atom. The topological polar surface area (TPSA) is 81.7 Å². The molecule has 432 valence electrons. The fourth-order valence-electron chi connectivity index (χ4n) is 3.47. The van der Waals surface area contributed by atoms with Crippen molar-refractivity contribution in [1.29, 1.82) is 0 Å². The van der Waals surface area contributed by atoms with Crippen LogP contribution in [-0.4, -0.2) is 134 Å². The van der Waals surface area contributed by atoms with E-state index in [1.54, 1.807) is 0 Å². The average Bonchev–Trinajstić information content (AvgIpc) is 3.06. The number of carbonyl (C=O) groups is 1. The number of esters is 1. The van der Waals surface area contributed by atoms with Gasteiger partial charge in [0.05, 0.1) is 6.61 Å². The van der Waals surface area contributed by atoms with Crippen LogP contribution in [0.2, 0.25) is 0 Å². The zero-order valence-corrected chi connectivity index (χ0v) is 31.0. The quantitative estimate of drug-likeness (QED) is 0.0881. The Bertz CT molecular complexity index is 1890. The molecular weight excluding hydrogens is 1180 g/mol. The van der Waals surface area contributed by atoms with Crippen molar-refractivity contribution in [2.24, 2.45) is 0 Å². The van der Waals surface area contributed by atoms with Crippen LogP contribution >= 0.6 is 0 Å². The van der Waals surface area contributed by atoms with E-state index >= 15 is 0 Å². The van der Waals surface area contributed by atoms with E-state index in [1.165, 1.54) is 4.74 Å². The number of hydrogen-bond donors (Lipinski definition) is 0. The second-order valence-electron chi connectivity index (χ2n) is 12.1. The summed E-state index contributed by atoms with van der Waals surface area (Å²) in [7, 11) is 0. The molecule has 0 aromatic heterocycles. The van der Waals surface area contributed by atoms with Crippen LogP contribution in [-0.2, 0) is 38.0 Å². The molecule has 0 aliphatic carbocycles. The Balaban J connectivity index is 8.31. The van der Waals surface area contributed by atoms with Crippen molar-refractivity contribution in [3.8, 4) is 0 Å². The Labute approximate surface area is 360 Å². The Hall–Kier alpha value is -3.64. The highest BCUT2D eigenvalue weighted by molar-refractivity contribution is 5.78. The van der Waals surface area contributed by atoms with E-state index in [4.69, 9.17) is 0 Å². The number of hydrogen-bond acceptors (Lipinski definition) is 8. The molecular formula is C23H5F41O8. The number of rotatable bonds is 20. The molecule has 0 aromatic rings. The molecule has 0 saturated heterocycles. The monoisotopic (exact) mass is 1190 g/mol. The van der Waals surface area contributed by atoms with Crippen LogP contribution in [0.25, 0.3) is 0 Å². The maximum Gasteiger partial charge on any atom is 0.462 e. The number of carbonyl (C=O) groups excluding carboxylic acids is 1. The van der Waals surface area contributed by atoms with Gasteiger partial charge in [0.1, 0.15) is 0 Å². The molecule has 0 rings (SSSR count). The Kier molecular flexibility index (Phi) is 17.4. The SMILES string of the molecule is CCOC(=O)C(F)(OC(F)(F)C(F)(OC(F)(F)C(F)(OC(F)(F)C(F)(OC(F)(F)C(F)(OC(F)(F)C(F)(OC(F)(F)C(F)(F)C(F)(F)F)C(F)(F)F)C(F)(F)F)C(F)(F)F)C(F)(F)F)C(F)(F)F)C(F)(F)F. The first-order valence-electron chi connectivity index (χ1n) is 15.1. The molecule has 49 heteroatoms. The molecule has 0 fully saturated rings. The van der Waals surface area contributed by atoms with Gasteiger partial charge in [0.15, 0.2) is 0 Å². The van der Waals surface area contributed by atoms with Crippen molar-refractivity contribution in [3.05, 3.63) is 0 Å². The van der Waals surface area contributed by atoms with E-state index in [0.29, 0.717) is 14.2 Å². The van der Waals surface area contributed by atoms with Crippen LogP contribution in [0.1, 0.15) is 6.92 Å². The van der Waals surface area contributed by atoms with Gasteiger partial charge in [0.2, 0.25) is 0 Å².